The van der Waals surface area contributed by atoms with Crippen molar-refractivity contribution in [3.05, 3.63) is 65.7 Å². The summed E-state index contributed by atoms with van der Waals surface area (Å²) in [6, 6.07) is 17.7. The maximum Gasteiger partial charge on any atom is 0.410 e. The van der Waals surface area contributed by atoms with Crippen molar-refractivity contribution in [2.45, 2.75) is 44.8 Å². The summed E-state index contributed by atoms with van der Waals surface area (Å²) >= 11 is 0. The van der Waals surface area contributed by atoms with Crippen LogP contribution >= 0.6 is 0 Å². The smallest absolute Gasteiger partial charge is 0.410 e. The number of benzene rings is 2. The molecule has 0 saturated carbocycles. The Labute approximate surface area is 190 Å². The Morgan fingerprint density at radius 3 is 2.41 bits per heavy atom. The van der Waals surface area contributed by atoms with Crippen molar-refractivity contribution >= 4 is 17.6 Å². The van der Waals surface area contributed by atoms with E-state index in [9.17, 15) is 9.59 Å². The number of hydrogen-bond donors (Lipinski definition) is 1. The minimum absolute atomic E-state index is 0.113. The molecule has 2 fully saturated rings. The van der Waals surface area contributed by atoms with Crippen LogP contribution in [0.1, 0.15) is 36.8 Å². The van der Waals surface area contributed by atoms with Crippen LogP contribution in [0.3, 0.4) is 0 Å². The highest BCUT2D eigenvalue weighted by Gasteiger charge is 2.36. The summed E-state index contributed by atoms with van der Waals surface area (Å²) in [6.07, 6.45) is 4.28. The maximum absolute atomic E-state index is 12.9. The number of nitrogens with two attached hydrogens (primary N) is 1. The highest BCUT2D eigenvalue weighted by molar-refractivity contribution is 5.83. The number of carbonyl (C=O) groups is 2. The number of nitrogen functional groups attached to an aromatic ring is 1. The van der Waals surface area contributed by atoms with Crippen LogP contribution in [0.15, 0.2) is 54.6 Å². The standard InChI is InChI=1S/C26H33N3O3/c27-23-11-9-20(10-12-23)16-25(30)22-8-4-5-14-28(15-13-22)24-17-29(18-24)26(31)32-19-21-6-2-1-3-7-21/h1-3,6-7,9-12,22,24H,4-5,8,13-19,27H2. The Morgan fingerprint density at radius 2 is 1.66 bits per heavy atom. The Balaban J connectivity index is 1.22. The Morgan fingerprint density at radius 1 is 0.906 bits per heavy atom. The van der Waals surface area contributed by atoms with Gasteiger partial charge in [0.1, 0.15) is 12.4 Å². The first-order valence-corrected chi connectivity index (χ1v) is 11.7. The van der Waals surface area contributed by atoms with Gasteiger partial charge in [0.05, 0.1) is 0 Å². The van der Waals surface area contributed by atoms with E-state index in [2.05, 4.69) is 4.90 Å². The van der Waals surface area contributed by atoms with E-state index in [1.165, 1.54) is 0 Å². The van der Waals surface area contributed by atoms with Crippen LogP contribution in [0, 0.1) is 5.92 Å². The van der Waals surface area contributed by atoms with Crippen LogP contribution in [-0.4, -0.2) is 53.9 Å². The minimum atomic E-state index is -0.242. The molecule has 2 N–H and O–H groups in total. The summed E-state index contributed by atoms with van der Waals surface area (Å²) in [7, 11) is 0. The van der Waals surface area contributed by atoms with Crippen LogP contribution < -0.4 is 5.73 Å². The third kappa shape index (κ3) is 5.88. The fraction of sp³-hybridized carbons (Fsp3) is 0.462. The van der Waals surface area contributed by atoms with E-state index in [-0.39, 0.29) is 12.0 Å². The molecule has 2 aromatic carbocycles. The number of carbonyl (C=O) groups excluding carboxylic acids is 2. The molecule has 0 spiro atoms. The van der Waals surface area contributed by atoms with Crippen LogP contribution in [0.4, 0.5) is 10.5 Å². The van der Waals surface area contributed by atoms with Crippen molar-refractivity contribution in [3.8, 4) is 0 Å². The summed E-state index contributed by atoms with van der Waals surface area (Å²) in [5, 5.41) is 0. The van der Waals surface area contributed by atoms with Gasteiger partial charge in [-0.05, 0) is 55.6 Å². The van der Waals surface area contributed by atoms with Crippen molar-refractivity contribution in [2.75, 3.05) is 31.9 Å². The molecule has 2 aliphatic rings. The fourth-order valence-corrected chi connectivity index (χ4v) is 4.60. The lowest BCUT2D eigenvalue weighted by Gasteiger charge is -2.45. The number of amides is 1. The molecule has 2 aliphatic heterocycles. The van der Waals surface area contributed by atoms with Gasteiger partial charge in [0.2, 0.25) is 0 Å². The first kappa shape index (κ1) is 22.3. The van der Waals surface area contributed by atoms with Gasteiger partial charge in [0.25, 0.3) is 0 Å². The van der Waals surface area contributed by atoms with E-state index in [4.69, 9.17) is 10.5 Å². The number of nitrogens with zero attached hydrogens (tertiary/aromatic N) is 2. The quantitative estimate of drug-likeness (QED) is 0.697. The molecule has 0 bridgehead atoms. The first-order valence-electron chi connectivity index (χ1n) is 11.7. The minimum Gasteiger partial charge on any atom is -0.445 e. The lowest BCUT2D eigenvalue weighted by molar-refractivity contribution is -0.123. The van der Waals surface area contributed by atoms with Gasteiger partial charge in [0, 0.05) is 37.2 Å². The Bertz CT molecular complexity index is 894. The molecule has 1 amide bonds. The normalized spacial score (nSPS) is 20.1. The number of ketones is 1. The molecule has 32 heavy (non-hydrogen) atoms. The van der Waals surface area contributed by atoms with Gasteiger partial charge in [-0.15, -0.1) is 0 Å². The molecule has 2 aromatic rings. The van der Waals surface area contributed by atoms with E-state index in [1.807, 2.05) is 54.6 Å². The van der Waals surface area contributed by atoms with Gasteiger partial charge in [-0.25, -0.2) is 4.79 Å². The lowest BCUT2D eigenvalue weighted by Crippen LogP contribution is -2.61. The molecule has 2 heterocycles. The van der Waals surface area contributed by atoms with Crippen LogP contribution in [-0.2, 0) is 22.6 Å². The molecule has 4 rings (SSSR count). The average molecular weight is 436 g/mol. The fourth-order valence-electron chi connectivity index (χ4n) is 4.60. The molecule has 170 valence electrons. The molecule has 0 aromatic heterocycles. The highest BCUT2D eigenvalue weighted by Crippen LogP contribution is 2.24. The molecule has 1 unspecified atom stereocenters. The third-order valence-electron chi connectivity index (χ3n) is 6.67. The molecule has 1 atom stereocenters. The second-order valence-electron chi connectivity index (χ2n) is 9.00. The molecule has 0 aliphatic carbocycles. The number of Topliss-reactive ketones (excluding diaryl/α,β-unsaturated/α-hetero) is 1. The Kier molecular flexibility index (Phi) is 7.43. The topological polar surface area (TPSA) is 75.9 Å². The van der Waals surface area contributed by atoms with Gasteiger partial charge in [-0.2, -0.15) is 0 Å². The molecular weight excluding hydrogens is 402 g/mol. The van der Waals surface area contributed by atoms with Gasteiger partial charge < -0.3 is 15.4 Å². The van der Waals surface area contributed by atoms with Crippen LogP contribution in [0.25, 0.3) is 0 Å². The van der Waals surface area contributed by atoms with E-state index < -0.39 is 0 Å². The molecule has 6 nitrogen and oxygen atoms in total. The van der Waals surface area contributed by atoms with E-state index in [0.717, 1.165) is 55.6 Å². The SMILES string of the molecule is Nc1ccc(CC(=O)C2CCCCN(C3CN(C(=O)OCc4ccccc4)C3)CC2)cc1. The monoisotopic (exact) mass is 435 g/mol. The predicted molar refractivity (Wildman–Crippen MR) is 125 cm³/mol. The van der Waals surface area contributed by atoms with Crippen molar-refractivity contribution in [1.29, 1.82) is 0 Å². The predicted octanol–water partition coefficient (Wildman–Crippen LogP) is 3.89. The zero-order chi connectivity index (χ0) is 22.3. The Hall–Kier alpha value is -2.86. The zero-order valence-electron chi connectivity index (χ0n) is 18.6. The number of likely N-dealkylation sites (tertiary alicyclic amines) is 2. The van der Waals surface area contributed by atoms with Gasteiger partial charge >= 0.3 is 6.09 Å². The van der Waals surface area contributed by atoms with Gasteiger partial charge in [-0.3, -0.25) is 9.69 Å². The summed E-state index contributed by atoms with van der Waals surface area (Å²) in [5.41, 5.74) is 8.50. The highest BCUT2D eigenvalue weighted by atomic mass is 16.6. The lowest BCUT2D eigenvalue weighted by atomic mass is 9.88. The summed E-state index contributed by atoms with van der Waals surface area (Å²) in [6.45, 7) is 3.67. The molecule has 6 heteroatoms. The number of ether oxygens (including phenoxy) is 1. The van der Waals surface area contributed by atoms with Crippen LogP contribution in [0.2, 0.25) is 0 Å². The van der Waals surface area contributed by atoms with Crippen molar-refractivity contribution < 1.29 is 14.3 Å². The van der Waals surface area contributed by atoms with Gasteiger partial charge in [0.15, 0.2) is 0 Å². The van der Waals surface area contributed by atoms with Crippen molar-refractivity contribution in [2.24, 2.45) is 5.92 Å². The summed E-state index contributed by atoms with van der Waals surface area (Å²) in [5.74, 6) is 0.443. The largest absolute Gasteiger partial charge is 0.445 e. The van der Waals surface area contributed by atoms with E-state index in [0.29, 0.717) is 37.9 Å². The van der Waals surface area contributed by atoms with Crippen LogP contribution in [0.5, 0.6) is 0 Å². The first-order chi connectivity index (χ1) is 15.6. The summed E-state index contributed by atoms with van der Waals surface area (Å²) in [4.78, 5) is 29.4. The van der Waals surface area contributed by atoms with Crippen molar-refractivity contribution in [1.82, 2.24) is 9.80 Å². The molecule has 2 saturated heterocycles. The third-order valence-corrected chi connectivity index (χ3v) is 6.67. The zero-order valence-corrected chi connectivity index (χ0v) is 18.6. The van der Waals surface area contributed by atoms with E-state index >= 15 is 0 Å². The molecular formula is C26H33N3O3. The second-order valence-corrected chi connectivity index (χ2v) is 9.00. The number of hydrogen-bond acceptors (Lipinski definition) is 5. The average Bonchev–Trinajstić information content (AvgIpc) is 2.75. The number of rotatable bonds is 6. The maximum atomic E-state index is 12.9. The van der Waals surface area contributed by atoms with Gasteiger partial charge in [-0.1, -0.05) is 48.9 Å². The molecule has 0 radical (unpaired) electrons. The summed E-state index contributed by atoms with van der Waals surface area (Å²) < 4.78 is 5.44. The van der Waals surface area contributed by atoms with E-state index in [1.54, 1.807) is 4.90 Å². The van der Waals surface area contributed by atoms with Crippen molar-refractivity contribution in [3.63, 3.8) is 0 Å². The number of anilines is 1. The second kappa shape index (κ2) is 10.6.